The van der Waals surface area contributed by atoms with E-state index in [1.165, 1.54) is 7.11 Å². The summed E-state index contributed by atoms with van der Waals surface area (Å²) in [7, 11) is 1.31. The molecule has 2 atom stereocenters. The fourth-order valence-electron chi connectivity index (χ4n) is 1.80. The highest BCUT2D eigenvalue weighted by molar-refractivity contribution is 5.73. The number of carbonyl (C=O) groups is 1. The van der Waals surface area contributed by atoms with Crippen molar-refractivity contribution in [2.75, 3.05) is 7.11 Å². The molecular formula is C15H22O4. The van der Waals surface area contributed by atoms with E-state index in [1.807, 2.05) is 13.8 Å². The van der Waals surface area contributed by atoms with E-state index < -0.39 is 17.5 Å². The standard InChI is InChI=1S/C15H22O4/c1-10(2)19-13-8-6-12(7-9-13)15(4,17)11(3)14(16)18-5/h6-11,17H,1-5H3. The summed E-state index contributed by atoms with van der Waals surface area (Å²) in [4.78, 5) is 11.5. The zero-order valence-corrected chi connectivity index (χ0v) is 12.1. The second-order valence-electron chi connectivity index (χ2n) is 5.08. The number of hydrogen-bond acceptors (Lipinski definition) is 4. The lowest BCUT2D eigenvalue weighted by atomic mass is 9.84. The Hall–Kier alpha value is -1.55. The van der Waals surface area contributed by atoms with Gasteiger partial charge in [0, 0.05) is 0 Å². The third-order valence-corrected chi connectivity index (χ3v) is 3.21. The van der Waals surface area contributed by atoms with E-state index in [2.05, 4.69) is 4.74 Å². The predicted molar refractivity (Wildman–Crippen MR) is 73.0 cm³/mol. The molecule has 1 aromatic carbocycles. The van der Waals surface area contributed by atoms with Gasteiger partial charge in [-0.2, -0.15) is 0 Å². The van der Waals surface area contributed by atoms with Crippen LogP contribution >= 0.6 is 0 Å². The second-order valence-corrected chi connectivity index (χ2v) is 5.08. The van der Waals surface area contributed by atoms with Gasteiger partial charge in [0.2, 0.25) is 0 Å². The molecule has 4 heteroatoms. The smallest absolute Gasteiger partial charge is 0.311 e. The van der Waals surface area contributed by atoms with Crippen molar-refractivity contribution in [1.29, 1.82) is 0 Å². The summed E-state index contributed by atoms with van der Waals surface area (Å²) < 4.78 is 10.2. The minimum Gasteiger partial charge on any atom is -0.491 e. The van der Waals surface area contributed by atoms with Crippen molar-refractivity contribution < 1.29 is 19.4 Å². The van der Waals surface area contributed by atoms with Gasteiger partial charge in [0.05, 0.1) is 24.7 Å². The SMILES string of the molecule is COC(=O)C(C)C(C)(O)c1ccc(OC(C)C)cc1. The van der Waals surface area contributed by atoms with E-state index >= 15 is 0 Å². The van der Waals surface area contributed by atoms with Crippen LogP contribution in [-0.4, -0.2) is 24.3 Å². The quantitative estimate of drug-likeness (QED) is 0.832. The highest BCUT2D eigenvalue weighted by atomic mass is 16.5. The maximum atomic E-state index is 11.5. The van der Waals surface area contributed by atoms with Crippen molar-refractivity contribution in [3.8, 4) is 5.75 Å². The number of hydrogen-bond donors (Lipinski definition) is 1. The van der Waals surface area contributed by atoms with E-state index in [0.717, 1.165) is 5.75 Å². The molecule has 0 heterocycles. The second kappa shape index (κ2) is 6.06. The molecule has 0 aliphatic rings. The van der Waals surface area contributed by atoms with Gasteiger partial charge in [0.1, 0.15) is 5.75 Å². The van der Waals surface area contributed by atoms with Crippen LogP contribution in [0, 0.1) is 5.92 Å². The molecule has 0 bridgehead atoms. The Labute approximate surface area is 114 Å². The number of esters is 1. The molecule has 0 saturated heterocycles. The summed E-state index contributed by atoms with van der Waals surface area (Å²) >= 11 is 0. The first-order valence-corrected chi connectivity index (χ1v) is 6.36. The fraction of sp³-hybridized carbons (Fsp3) is 0.533. The third kappa shape index (κ3) is 3.70. The van der Waals surface area contributed by atoms with Crippen molar-refractivity contribution in [1.82, 2.24) is 0 Å². The van der Waals surface area contributed by atoms with Crippen molar-refractivity contribution in [2.24, 2.45) is 5.92 Å². The number of methoxy groups -OCH3 is 1. The van der Waals surface area contributed by atoms with E-state index in [0.29, 0.717) is 5.56 Å². The van der Waals surface area contributed by atoms with Crippen LogP contribution in [0.4, 0.5) is 0 Å². The molecule has 0 fully saturated rings. The molecule has 106 valence electrons. The minimum atomic E-state index is -1.27. The molecule has 19 heavy (non-hydrogen) atoms. The molecule has 2 unspecified atom stereocenters. The summed E-state index contributed by atoms with van der Waals surface area (Å²) in [5, 5.41) is 10.5. The highest BCUT2D eigenvalue weighted by Gasteiger charge is 2.36. The van der Waals surface area contributed by atoms with Crippen molar-refractivity contribution in [2.45, 2.75) is 39.4 Å². The van der Waals surface area contributed by atoms with Crippen molar-refractivity contribution in [3.63, 3.8) is 0 Å². The van der Waals surface area contributed by atoms with Crippen LogP contribution in [0.25, 0.3) is 0 Å². The molecule has 0 amide bonds. The summed E-state index contributed by atoms with van der Waals surface area (Å²) in [6, 6.07) is 7.09. The first kappa shape index (κ1) is 15.5. The zero-order chi connectivity index (χ0) is 14.6. The monoisotopic (exact) mass is 266 g/mol. The average Bonchev–Trinajstić information content (AvgIpc) is 2.36. The minimum absolute atomic E-state index is 0.0975. The predicted octanol–water partition coefficient (Wildman–Crippen LogP) is 2.49. The van der Waals surface area contributed by atoms with Crippen LogP contribution in [0.2, 0.25) is 0 Å². The van der Waals surface area contributed by atoms with Crippen LogP contribution in [0.15, 0.2) is 24.3 Å². The molecule has 1 N–H and O–H groups in total. The first-order valence-electron chi connectivity index (χ1n) is 6.36. The Morgan fingerprint density at radius 3 is 2.16 bits per heavy atom. The number of ether oxygens (including phenoxy) is 2. The van der Waals surface area contributed by atoms with Gasteiger partial charge in [-0.15, -0.1) is 0 Å². The van der Waals surface area contributed by atoms with Gasteiger partial charge in [0.15, 0.2) is 0 Å². The molecule has 0 aliphatic carbocycles. The molecule has 0 spiro atoms. The van der Waals surface area contributed by atoms with Crippen molar-refractivity contribution >= 4 is 5.97 Å². The first-order chi connectivity index (χ1) is 8.78. The molecule has 4 nitrogen and oxygen atoms in total. The maximum Gasteiger partial charge on any atom is 0.311 e. The maximum absolute atomic E-state index is 11.5. The van der Waals surface area contributed by atoms with Gasteiger partial charge < -0.3 is 14.6 Å². The van der Waals surface area contributed by atoms with Crippen LogP contribution in [0.3, 0.4) is 0 Å². The average molecular weight is 266 g/mol. The van der Waals surface area contributed by atoms with E-state index in [4.69, 9.17) is 4.74 Å². The Morgan fingerprint density at radius 1 is 1.21 bits per heavy atom. The van der Waals surface area contributed by atoms with Gasteiger partial charge in [-0.05, 0) is 45.4 Å². The summed E-state index contributed by atoms with van der Waals surface area (Å²) in [6.45, 7) is 7.14. The zero-order valence-electron chi connectivity index (χ0n) is 12.1. The Morgan fingerprint density at radius 2 is 1.74 bits per heavy atom. The van der Waals surface area contributed by atoms with Crippen LogP contribution in [-0.2, 0) is 15.1 Å². The summed E-state index contributed by atoms with van der Waals surface area (Å²) in [5.74, 6) is -0.345. The lowest BCUT2D eigenvalue weighted by molar-refractivity contribution is -0.154. The highest BCUT2D eigenvalue weighted by Crippen LogP contribution is 2.31. The number of benzene rings is 1. The molecular weight excluding hydrogens is 244 g/mol. The van der Waals surface area contributed by atoms with Gasteiger partial charge in [-0.25, -0.2) is 0 Å². The lowest BCUT2D eigenvalue weighted by Gasteiger charge is -2.29. The van der Waals surface area contributed by atoms with Crippen LogP contribution in [0.5, 0.6) is 5.75 Å². The number of aliphatic hydroxyl groups is 1. The molecule has 1 aromatic rings. The Bertz CT molecular complexity index is 420. The van der Waals surface area contributed by atoms with Crippen LogP contribution < -0.4 is 4.74 Å². The molecule has 0 aromatic heterocycles. The van der Waals surface area contributed by atoms with Gasteiger partial charge in [0.25, 0.3) is 0 Å². The number of carbonyl (C=O) groups excluding carboxylic acids is 1. The Kier molecular flexibility index (Phi) is 4.95. The van der Waals surface area contributed by atoms with Crippen LogP contribution in [0.1, 0.15) is 33.3 Å². The summed E-state index contributed by atoms with van der Waals surface area (Å²) in [5.41, 5.74) is -0.620. The number of rotatable bonds is 5. The third-order valence-electron chi connectivity index (χ3n) is 3.21. The Balaban J connectivity index is 2.92. The molecule has 0 saturated carbocycles. The van der Waals surface area contributed by atoms with Crippen molar-refractivity contribution in [3.05, 3.63) is 29.8 Å². The van der Waals surface area contributed by atoms with E-state index in [-0.39, 0.29) is 6.10 Å². The lowest BCUT2D eigenvalue weighted by Crippen LogP contribution is -2.35. The molecule has 1 rings (SSSR count). The van der Waals surface area contributed by atoms with Gasteiger partial charge in [-0.3, -0.25) is 4.79 Å². The molecule has 0 aliphatic heterocycles. The van der Waals surface area contributed by atoms with Gasteiger partial charge >= 0.3 is 5.97 Å². The normalized spacial score (nSPS) is 15.7. The largest absolute Gasteiger partial charge is 0.491 e. The van der Waals surface area contributed by atoms with E-state index in [9.17, 15) is 9.90 Å². The topological polar surface area (TPSA) is 55.8 Å². The fourth-order valence-corrected chi connectivity index (χ4v) is 1.80. The van der Waals surface area contributed by atoms with Gasteiger partial charge in [-0.1, -0.05) is 12.1 Å². The molecule has 0 radical (unpaired) electrons. The summed E-state index contributed by atoms with van der Waals surface area (Å²) in [6.07, 6.45) is 0.0975. The van der Waals surface area contributed by atoms with E-state index in [1.54, 1.807) is 38.1 Å².